The van der Waals surface area contributed by atoms with Crippen LogP contribution in [0.5, 0.6) is 0 Å². The number of nitrogens with zero attached hydrogens (tertiary/aromatic N) is 4. The predicted molar refractivity (Wildman–Crippen MR) is 126 cm³/mol. The summed E-state index contributed by atoms with van der Waals surface area (Å²) in [5.74, 6) is 1.76. The Balaban J connectivity index is 1.50. The van der Waals surface area contributed by atoms with Gasteiger partial charge in [-0.2, -0.15) is 0 Å². The number of allylic oxidation sites excluding steroid dienone is 1. The van der Waals surface area contributed by atoms with Gasteiger partial charge in [-0.3, -0.25) is 9.36 Å². The van der Waals surface area contributed by atoms with Crippen LogP contribution in [0.4, 0.5) is 0 Å². The second kappa shape index (κ2) is 10.6. The van der Waals surface area contributed by atoms with Crippen molar-refractivity contribution in [3.63, 3.8) is 0 Å². The van der Waals surface area contributed by atoms with Crippen LogP contribution in [-0.4, -0.2) is 31.3 Å². The summed E-state index contributed by atoms with van der Waals surface area (Å²) >= 11 is 1.38. The molecule has 2 aromatic carbocycles. The summed E-state index contributed by atoms with van der Waals surface area (Å²) in [5, 5.41) is 9.39. The summed E-state index contributed by atoms with van der Waals surface area (Å²) in [6, 6.07) is 23.5. The van der Waals surface area contributed by atoms with Gasteiger partial charge >= 0.3 is 0 Å². The minimum absolute atomic E-state index is 0.00432. The number of hydrogen-bond donors (Lipinski definition) is 0. The second-order valence-corrected chi connectivity index (χ2v) is 8.12. The van der Waals surface area contributed by atoms with Crippen molar-refractivity contribution in [3.05, 3.63) is 103 Å². The number of furan rings is 1. The molecule has 0 bridgehead atoms. The van der Waals surface area contributed by atoms with Gasteiger partial charge in [-0.1, -0.05) is 78.5 Å². The third-order valence-corrected chi connectivity index (χ3v) is 5.83. The molecular weight excluding hydrogens is 420 g/mol. The van der Waals surface area contributed by atoms with Crippen LogP contribution in [0.3, 0.4) is 0 Å². The zero-order valence-corrected chi connectivity index (χ0v) is 18.4. The van der Waals surface area contributed by atoms with Crippen LogP contribution >= 0.6 is 11.8 Å². The van der Waals surface area contributed by atoms with Crippen molar-refractivity contribution in [1.29, 1.82) is 0 Å². The summed E-state index contributed by atoms with van der Waals surface area (Å²) in [6.07, 6.45) is 3.43. The van der Waals surface area contributed by atoms with Gasteiger partial charge in [0.25, 0.3) is 0 Å². The normalized spacial score (nSPS) is 10.8. The van der Waals surface area contributed by atoms with E-state index < -0.39 is 0 Å². The van der Waals surface area contributed by atoms with Crippen molar-refractivity contribution in [1.82, 2.24) is 19.7 Å². The van der Waals surface area contributed by atoms with Crippen LogP contribution in [0.25, 0.3) is 11.4 Å². The first kappa shape index (κ1) is 21.6. The van der Waals surface area contributed by atoms with Gasteiger partial charge in [0.15, 0.2) is 11.0 Å². The number of carbonyl (C=O) groups excluding carboxylic acids is 1. The molecule has 1 amide bonds. The summed E-state index contributed by atoms with van der Waals surface area (Å²) in [7, 11) is 0. The first-order chi connectivity index (χ1) is 15.7. The van der Waals surface area contributed by atoms with Gasteiger partial charge < -0.3 is 9.32 Å². The Morgan fingerprint density at radius 3 is 2.44 bits per heavy atom. The number of thioether (sulfide) groups is 1. The summed E-state index contributed by atoms with van der Waals surface area (Å²) in [6.45, 7) is 5.34. The molecular formula is C25H24N4O2S. The van der Waals surface area contributed by atoms with E-state index in [9.17, 15) is 4.79 Å². The van der Waals surface area contributed by atoms with Gasteiger partial charge in [0.05, 0.1) is 18.6 Å². The molecule has 162 valence electrons. The fraction of sp³-hybridized carbons (Fsp3) is 0.160. The standard InChI is InChI=1S/C25H24N4O2S/c1-2-15-29-24(21-12-7-4-8-13-21)26-27-25(29)32-19-23(30)28(18-22-14-9-16-31-22)17-20-10-5-3-6-11-20/h2-14,16H,1,15,17-19H2. The smallest absolute Gasteiger partial charge is 0.233 e. The fourth-order valence-corrected chi connectivity index (χ4v) is 4.18. The molecule has 0 radical (unpaired) electrons. The minimum Gasteiger partial charge on any atom is -0.467 e. The zero-order chi connectivity index (χ0) is 22.2. The van der Waals surface area contributed by atoms with Crippen LogP contribution in [0.15, 0.2) is 101 Å². The van der Waals surface area contributed by atoms with E-state index in [0.717, 1.165) is 22.7 Å². The molecule has 0 atom stereocenters. The van der Waals surface area contributed by atoms with Crippen molar-refractivity contribution in [2.45, 2.75) is 24.8 Å². The minimum atomic E-state index is 0.00432. The topological polar surface area (TPSA) is 64.2 Å². The van der Waals surface area contributed by atoms with Crippen LogP contribution in [-0.2, 0) is 24.4 Å². The maximum absolute atomic E-state index is 13.2. The number of amides is 1. The second-order valence-electron chi connectivity index (χ2n) is 7.17. The molecule has 2 aromatic heterocycles. The first-order valence-corrected chi connectivity index (χ1v) is 11.3. The van der Waals surface area contributed by atoms with E-state index in [2.05, 4.69) is 16.8 Å². The number of rotatable bonds is 10. The van der Waals surface area contributed by atoms with Gasteiger partial charge in [0.2, 0.25) is 5.91 Å². The molecule has 0 spiro atoms. The molecule has 6 nitrogen and oxygen atoms in total. The number of aromatic nitrogens is 3. The van der Waals surface area contributed by atoms with E-state index in [0.29, 0.717) is 24.8 Å². The monoisotopic (exact) mass is 444 g/mol. The molecule has 2 heterocycles. The highest BCUT2D eigenvalue weighted by Gasteiger charge is 2.19. The highest BCUT2D eigenvalue weighted by molar-refractivity contribution is 7.99. The SMILES string of the molecule is C=CCn1c(SCC(=O)N(Cc2ccccc2)Cc2ccco2)nnc1-c1ccccc1. The Morgan fingerprint density at radius 1 is 1.00 bits per heavy atom. The lowest BCUT2D eigenvalue weighted by Crippen LogP contribution is -2.31. The van der Waals surface area contributed by atoms with Gasteiger partial charge in [-0.25, -0.2) is 0 Å². The fourth-order valence-electron chi connectivity index (χ4n) is 3.33. The third-order valence-electron chi connectivity index (χ3n) is 4.88. The third kappa shape index (κ3) is 5.36. The Labute approximate surface area is 191 Å². The Morgan fingerprint density at radius 2 is 1.75 bits per heavy atom. The van der Waals surface area contributed by atoms with Crippen LogP contribution in [0, 0.1) is 0 Å². The van der Waals surface area contributed by atoms with Crippen molar-refractivity contribution in [2.24, 2.45) is 0 Å². The molecule has 0 aliphatic carbocycles. The van der Waals surface area contributed by atoms with Crippen molar-refractivity contribution >= 4 is 17.7 Å². The molecule has 0 fully saturated rings. The molecule has 7 heteroatoms. The van der Waals surface area contributed by atoms with E-state index >= 15 is 0 Å². The van der Waals surface area contributed by atoms with Crippen molar-refractivity contribution < 1.29 is 9.21 Å². The quantitative estimate of drug-likeness (QED) is 0.253. The summed E-state index contributed by atoms with van der Waals surface area (Å²) < 4.78 is 7.46. The maximum Gasteiger partial charge on any atom is 0.233 e. The highest BCUT2D eigenvalue weighted by atomic mass is 32.2. The predicted octanol–water partition coefficient (Wildman–Crippen LogP) is 5.05. The molecule has 4 rings (SSSR count). The lowest BCUT2D eigenvalue weighted by atomic mass is 10.2. The molecule has 0 saturated carbocycles. The Kier molecular flexibility index (Phi) is 7.19. The van der Waals surface area contributed by atoms with E-state index in [-0.39, 0.29) is 11.7 Å². The molecule has 0 aliphatic heterocycles. The lowest BCUT2D eigenvalue weighted by Gasteiger charge is -2.21. The average molecular weight is 445 g/mol. The number of hydrogen-bond acceptors (Lipinski definition) is 5. The number of carbonyl (C=O) groups is 1. The van der Waals surface area contributed by atoms with Crippen LogP contribution in [0.2, 0.25) is 0 Å². The lowest BCUT2D eigenvalue weighted by molar-refractivity contribution is -0.129. The summed E-state index contributed by atoms with van der Waals surface area (Å²) in [4.78, 5) is 15.0. The molecule has 0 N–H and O–H groups in total. The highest BCUT2D eigenvalue weighted by Crippen LogP contribution is 2.24. The molecule has 0 saturated heterocycles. The van der Waals surface area contributed by atoms with Gasteiger partial charge in [-0.05, 0) is 17.7 Å². The first-order valence-electron chi connectivity index (χ1n) is 10.3. The molecule has 4 aromatic rings. The molecule has 0 aliphatic rings. The van der Waals surface area contributed by atoms with E-state index in [1.165, 1.54) is 11.8 Å². The Bertz CT molecular complexity index is 1140. The largest absolute Gasteiger partial charge is 0.467 e. The van der Waals surface area contributed by atoms with E-state index in [4.69, 9.17) is 4.42 Å². The maximum atomic E-state index is 13.2. The summed E-state index contributed by atoms with van der Waals surface area (Å²) in [5.41, 5.74) is 2.04. The molecule has 0 unspecified atom stereocenters. The van der Waals surface area contributed by atoms with E-state index in [1.807, 2.05) is 77.4 Å². The van der Waals surface area contributed by atoms with Gasteiger partial charge in [0, 0.05) is 18.7 Å². The van der Waals surface area contributed by atoms with Gasteiger partial charge in [-0.15, -0.1) is 16.8 Å². The van der Waals surface area contributed by atoms with E-state index in [1.54, 1.807) is 17.2 Å². The van der Waals surface area contributed by atoms with Crippen molar-refractivity contribution in [2.75, 3.05) is 5.75 Å². The number of benzene rings is 2. The van der Waals surface area contributed by atoms with Crippen LogP contribution < -0.4 is 0 Å². The average Bonchev–Trinajstić information content (AvgIpc) is 3.49. The Hall–Kier alpha value is -3.58. The van der Waals surface area contributed by atoms with Crippen LogP contribution in [0.1, 0.15) is 11.3 Å². The molecule has 32 heavy (non-hydrogen) atoms. The van der Waals surface area contributed by atoms with Crippen molar-refractivity contribution in [3.8, 4) is 11.4 Å². The zero-order valence-electron chi connectivity index (χ0n) is 17.6. The van der Waals surface area contributed by atoms with Gasteiger partial charge in [0.1, 0.15) is 5.76 Å².